The fourth-order valence-corrected chi connectivity index (χ4v) is 3.53. The molecule has 128 valence electrons. The zero-order chi connectivity index (χ0) is 17.1. The topological polar surface area (TPSA) is 85.8 Å². The highest BCUT2D eigenvalue weighted by atomic mass is 32.2. The molecule has 1 unspecified atom stereocenters. The zero-order valence-corrected chi connectivity index (χ0v) is 14.2. The van der Waals surface area contributed by atoms with Crippen LogP contribution in [0.5, 0.6) is 0 Å². The number of carbonyl (C=O) groups excluding carboxylic acids is 1. The Hall–Kier alpha value is -2.09. The summed E-state index contributed by atoms with van der Waals surface area (Å²) in [7, 11) is 0. The van der Waals surface area contributed by atoms with E-state index in [-0.39, 0.29) is 23.0 Å². The number of carbonyl (C=O) groups is 1. The predicted octanol–water partition coefficient (Wildman–Crippen LogP) is 2.34. The van der Waals surface area contributed by atoms with E-state index in [0.717, 1.165) is 12.8 Å². The Morgan fingerprint density at radius 2 is 2.00 bits per heavy atom. The van der Waals surface area contributed by atoms with Gasteiger partial charge in [-0.15, -0.1) is 10.2 Å². The van der Waals surface area contributed by atoms with E-state index in [1.807, 2.05) is 6.92 Å². The molecule has 0 aliphatic heterocycles. The molecule has 1 aromatic heterocycles. The summed E-state index contributed by atoms with van der Waals surface area (Å²) in [6.07, 6.45) is 4.44. The summed E-state index contributed by atoms with van der Waals surface area (Å²) in [5.74, 6) is 6.12. The van der Waals surface area contributed by atoms with E-state index >= 15 is 0 Å². The maximum atomic E-state index is 13.0. The average molecular weight is 349 g/mol. The molecule has 3 N–H and O–H groups in total. The highest BCUT2D eigenvalue weighted by Gasteiger charge is 2.23. The zero-order valence-electron chi connectivity index (χ0n) is 13.4. The van der Waals surface area contributed by atoms with E-state index in [2.05, 4.69) is 15.5 Å². The number of nitrogens with one attached hydrogen (secondary N) is 1. The van der Waals surface area contributed by atoms with Crippen molar-refractivity contribution in [3.63, 3.8) is 0 Å². The summed E-state index contributed by atoms with van der Waals surface area (Å²) in [5.41, 5.74) is 0.668. The number of nitrogen functional groups attached to an aromatic ring is 1. The molecule has 1 aliphatic rings. The van der Waals surface area contributed by atoms with E-state index in [4.69, 9.17) is 5.84 Å². The summed E-state index contributed by atoms with van der Waals surface area (Å²) >= 11 is 1.26. The molecule has 1 aliphatic carbocycles. The largest absolute Gasteiger partial charge is 0.352 e. The minimum Gasteiger partial charge on any atom is -0.352 e. The number of nitrogens with two attached hydrogens (primary N) is 1. The molecule has 0 saturated heterocycles. The van der Waals surface area contributed by atoms with Gasteiger partial charge >= 0.3 is 0 Å². The van der Waals surface area contributed by atoms with Gasteiger partial charge in [0, 0.05) is 11.6 Å². The van der Waals surface area contributed by atoms with Crippen molar-refractivity contribution in [2.75, 3.05) is 5.84 Å². The Balaban J connectivity index is 1.66. The molecule has 3 rings (SSSR count). The molecule has 1 heterocycles. The van der Waals surface area contributed by atoms with Crippen molar-refractivity contribution >= 4 is 17.7 Å². The number of halogens is 1. The van der Waals surface area contributed by atoms with Gasteiger partial charge < -0.3 is 11.2 Å². The fourth-order valence-electron chi connectivity index (χ4n) is 2.75. The van der Waals surface area contributed by atoms with Gasteiger partial charge in [-0.05, 0) is 44.0 Å². The van der Waals surface area contributed by atoms with Crippen LogP contribution >= 0.6 is 11.8 Å². The Labute approximate surface area is 144 Å². The molecule has 1 atom stereocenters. The third-order valence-electron chi connectivity index (χ3n) is 4.12. The quantitative estimate of drug-likeness (QED) is 0.639. The summed E-state index contributed by atoms with van der Waals surface area (Å²) < 4.78 is 14.3. The average Bonchev–Trinajstić information content (AvgIpc) is 3.19. The van der Waals surface area contributed by atoms with Crippen molar-refractivity contribution in [3.05, 3.63) is 30.1 Å². The van der Waals surface area contributed by atoms with Gasteiger partial charge in [0.1, 0.15) is 5.82 Å². The third kappa shape index (κ3) is 3.69. The standard InChI is InChI=1S/C16H20FN5OS/c1-10(15(23)19-13-4-2-3-5-13)24-16-21-20-14(22(16)18)11-6-8-12(17)9-7-11/h6-10,13H,2-5,18H2,1H3,(H,19,23). The van der Waals surface area contributed by atoms with Crippen LogP contribution < -0.4 is 11.2 Å². The van der Waals surface area contributed by atoms with Gasteiger partial charge in [0.25, 0.3) is 0 Å². The number of hydrogen-bond acceptors (Lipinski definition) is 5. The number of amides is 1. The maximum absolute atomic E-state index is 13.0. The van der Waals surface area contributed by atoms with E-state index < -0.39 is 0 Å². The highest BCUT2D eigenvalue weighted by Crippen LogP contribution is 2.25. The summed E-state index contributed by atoms with van der Waals surface area (Å²) in [6.45, 7) is 1.82. The van der Waals surface area contributed by atoms with Gasteiger partial charge in [-0.2, -0.15) is 0 Å². The number of hydrogen-bond donors (Lipinski definition) is 2. The van der Waals surface area contributed by atoms with Crippen molar-refractivity contribution in [2.45, 2.75) is 49.1 Å². The van der Waals surface area contributed by atoms with E-state index in [9.17, 15) is 9.18 Å². The van der Waals surface area contributed by atoms with E-state index in [1.165, 1.54) is 41.4 Å². The number of benzene rings is 1. The molecule has 2 aromatic rings. The van der Waals surface area contributed by atoms with Crippen LogP contribution in [0.15, 0.2) is 29.4 Å². The maximum Gasteiger partial charge on any atom is 0.233 e. The van der Waals surface area contributed by atoms with Crippen molar-refractivity contribution in [2.24, 2.45) is 0 Å². The first-order valence-electron chi connectivity index (χ1n) is 7.98. The van der Waals surface area contributed by atoms with Crippen molar-refractivity contribution < 1.29 is 9.18 Å². The first-order chi connectivity index (χ1) is 11.5. The number of rotatable bonds is 5. The van der Waals surface area contributed by atoms with Crippen LogP contribution in [-0.4, -0.2) is 32.1 Å². The summed E-state index contributed by atoms with van der Waals surface area (Å²) in [6, 6.07) is 6.15. The molecule has 0 spiro atoms. The normalized spacial score (nSPS) is 16.2. The molecule has 1 fully saturated rings. The van der Waals surface area contributed by atoms with E-state index in [1.54, 1.807) is 12.1 Å². The van der Waals surface area contributed by atoms with Crippen LogP contribution in [0.2, 0.25) is 0 Å². The van der Waals surface area contributed by atoms with Gasteiger partial charge in [0.05, 0.1) is 5.25 Å². The third-order valence-corrected chi connectivity index (χ3v) is 5.18. The van der Waals surface area contributed by atoms with Gasteiger partial charge in [-0.25, -0.2) is 9.07 Å². The second-order valence-corrected chi connectivity index (χ2v) is 7.24. The number of aromatic nitrogens is 3. The lowest BCUT2D eigenvalue weighted by molar-refractivity contribution is -0.120. The lowest BCUT2D eigenvalue weighted by Crippen LogP contribution is -2.37. The van der Waals surface area contributed by atoms with Crippen LogP contribution in [0.1, 0.15) is 32.6 Å². The van der Waals surface area contributed by atoms with Gasteiger partial charge in [0.15, 0.2) is 5.82 Å². The van der Waals surface area contributed by atoms with Crippen molar-refractivity contribution in [1.29, 1.82) is 0 Å². The van der Waals surface area contributed by atoms with Crippen LogP contribution in [0.25, 0.3) is 11.4 Å². The SMILES string of the molecule is CC(Sc1nnc(-c2ccc(F)cc2)n1N)C(=O)NC1CCCC1. The molecule has 24 heavy (non-hydrogen) atoms. The lowest BCUT2D eigenvalue weighted by atomic mass is 10.2. The summed E-state index contributed by atoms with van der Waals surface area (Å²) in [4.78, 5) is 12.3. The second-order valence-electron chi connectivity index (χ2n) is 5.93. The van der Waals surface area contributed by atoms with Crippen LogP contribution in [0.3, 0.4) is 0 Å². The summed E-state index contributed by atoms with van der Waals surface area (Å²) in [5, 5.41) is 11.3. The van der Waals surface area contributed by atoms with Crippen LogP contribution in [0, 0.1) is 5.82 Å². The Morgan fingerprint density at radius 3 is 2.67 bits per heavy atom. The first-order valence-corrected chi connectivity index (χ1v) is 8.86. The molecule has 1 amide bonds. The van der Waals surface area contributed by atoms with Crippen LogP contribution in [-0.2, 0) is 4.79 Å². The fraction of sp³-hybridized carbons (Fsp3) is 0.438. The number of nitrogens with zero attached hydrogens (tertiary/aromatic N) is 3. The van der Waals surface area contributed by atoms with E-state index in [0.29, 0.717) is 16.5 Å². The van der Waals surface area contributed by atoms with Crippen molar-refractivity contribution in [3.8, 4) is 11.4 Å². The first kappa shape index (κ1) is 16.8. The molecular formula is C16H20FN5OS. The van der Waals surface area contributed by atoms with Gasteiger partial charge in [-0.3, -0.25) is 4.79 Å². The smallest absolute Gasteiger partial charge is 0.233 e. The molecule has 6 nitrogen and oxygen atoms in total. The van der Waals surface area contributed by atoms with Gasteiger partial charge in [-0.1, -0.05) is 24.6 Å². The van der Waals surface area contributed by atoms with Crippen molar-refractivity contribution in [1.82, 2.24) is 20.2 Å². The molecular weight excluding hydrogens is 329 g/mol. The lowest BCUT2D eigenvalue weighted by Gasteiger charge is -2.15. The Bertz CT molecular complexity index is 712. The Morgan fingerprint density at radius 1 is 1.33 bits per heavy atom. The minimum atomic E-state index is -0.325. The predicted molar refractivity (Wildman–Crippen MR) is 91.3 cm³/mol. The molecule has 0 bridgehead atoms. The monoisotopic (exact) mass is 349 g/mol. The second kappa shape index (κ2) is 7.21. The molecule has 0 radical (unpaired) electrons. The minimum absolute atomic E-state index is 0.0155. The molecule has 1 aromatic carbocycles. The van der Waals surface area contributed by atoms with Gasteiger partial charge in [0.2, 0.25) is 11.1 Å². The van der Waals surface area contributed by atoms with Crippen LogP contribution in [0.4, 0.5) is 4.39 Å². The Kier molecular flexibility index (Phi) is 5.03. The highest BCUT2D eigenvalue weighted by molar-refractivity contribution is 8.00. The number of thioether (sulfide) groups is 1. The molecule has 1 saturated carbocycles. The molecule has 8 heteroatoms.